The fourth-order valence-corrected chi connectivity index (χ4v) is 3.03. The van der Waals surface area contributed by atoms with E-state index in [1.54, 1.807) is 0 Å². The standard InChI is InChI=1S/C14H18O4/c1-14-8-7-11(15)9(3-6-13(17)18-2)10(14)4-5-12(14)16/h3-8H2,1-2H3/t14-/m0/s1. The fraction of sp³-hybridized carbons (Fsp3) is 0.643. The average Bonchev–Trinajstić information content (AvgIpc) is 2.65. The molecule has 0 unspecified atom stereocenters. The Morgan fingerprint density at radius 1 is 1.28 bits per heavy atom. The molecular formula is C14H18O4. The van der Waals surface area contributed by atoms with Gasteiger partial charge < -0.3 is 4.74 Å². The van der Waals surface area contributed by atoms with Crippen molar-refractivity contribution in [2.24, 2.45) is 5.41 Å². The van der Waals surface area contributed by atoms with Gasteiger partial charge in [-0.05, 0) is 37.3 Å². The van der Waals surface area contributed by atoms with Gasteiger partial charge in [0.1, 0.15) is 5.78 Å². The van der Waals surface area contributed by atoms with Gasteiger partial charge in [-0.3, -0.25) is 14.4 Å². The zero-order chi connectivity index (χ0) is 13.3. The zero-order valence-corrected chi connectivity index (χ0v) is 10.9. The lowest BCUT2D eigenvalue weighted by Gasteiger charge is -2.31. The van der Waals surface area contributed by atoms with Crippen LogP contribution in [-0.4, -0.2) is 24.6 Å². The van der Waals surface area contributed by atoms with Crippen molar-refractivity contribution >= 4 is 17.5 Å². The average molecular weight is 250 g/mol. The van der Waals surface area contributed by atoms with Crippen molar-refractivity contribution in [3.05, 3.63) is 11.1 Å². The van der Waals surface area contributed by atoms with Crippen molar-refractivity contribution in [1.82, 2.24) is 0 Å². The molecule has 0 aromatic rings. The summed E-state index contributed by atoms with van der Waals surface area (Å²) in [5.74, 6) is 0.0224. The number of ketones is 2. The summed E-state index contributed by atoms with van der Waals surface area (Å²) in [7, 11) is 1.34. The third-order valence-electron chi connectivity index (χ3n) is 4.24. The molecule has 1 fully saturated rings. The quantitative estimate of drug-likeness (QED) is 0.718. The SMILES string of the molecule is COC(=O)CCC1=C2CCC(=O)[C@@]2(C)CCC1=O. The maximum Gasteiger partial charge on any atom is 0.305 e. The Labute approximate surface area is 106 Å². The van der Waals surface area contributed by atoms with E-state index in [0.29, 0.717) is 37.7 Å². The van der Waals surface area contributed by atoms with Crippen LogP contribution in [0, 0.1) is 5.41 Å². The van der Waals surface area contributed by atoms with Gasteiger partial charge in [-0.1, -0.05) is 0 Å². The molecule has 0 radical (unpaired) electrons. The highest BCUT2D eigenvalue weighted by Crippen LogP contribution is 2.48. The number of hydrogen-bond acceptors (Lipinski definition) is 4. The van der Waals surface area contributed by atoms with Crippen LogP contribution in [0.2, 0.25) is 0 Å². The third-order valence-corrected chi connectivity index (χ3v) is 4.24. The summed E-state index contributed by atoms with van der Waals surface area (Å²) in [6.07, 6.45) is 2.87. The van der Waals surface area contributed by atoms with E-state index in [1.165, 1.54) is 7.11 Å². The molecule has 0 heterocycles. The first kappa shape index (κ1) is 13.0. The van der Waals surface area contributed by atoms with Gasteiger partial charge in [0, 0.05) is 24.7 Å². The number of Topliss-reactive ketones (excluding diaryl/α,β-unsaturated/α-hetero) is 2. The Morgan fingerprint density at radius 2 is 2.00 bits per heavy atom. The van der Waals surface area contributed by atoms with Crippen molar-refractivity contribution in [2.75, 3.05) is 7.11 Å². The van der Waals surface area contributed by atoms with Crippen LogP contribution in [0.1, 0.15) is 45.4 Å². The molecule has 0 spiro atoms. The highest BCUT2D eigenvalue weighted by molar-refractivity contribution is 6.03. The Kier molecular flexibility index (Phi) is 3.37. The summed E-state index contributed by atoms with van der Waals surface area (Å²) in [6.45, 7) is 1.93. The van der Waals surface area contributed by atoms with E-state index in [-0.39, 0.29) is 24.0 Å². The minimum absolute atomic E-state index is 0.0982. The maximum absolute atomic E-state index is 12.0. The number of carbonyl (C=O) groups is 3. The number of esters is 1. The van der Waals surface area contributed by atoms with Gasteiger partial charge in [0.15, 0.2) is 5.78 Å². The number of rotatable bonds is 3. The molecule has 2 aliphatic rings. The third kappa shape index (κ3) is 2.00. The summed E-state index contributed by atoms with van der Waals surface area (Å²) < 4.78 is 4.59. The molecule has 2 aliphatic carbocycles. The van der Waals surface area contributed by atoms with Crippen LogP contribution in [0.5, 0.6) is 0 Å². The first-order valence-corrected chi connectivity index (χ1v) is 6.35. The normalized spacial score (nSPS) is 27.4. The van der Waals surface area contributed by atoms with Crippen LogP contribution < -0.4 is 0 Å². The Balaban J connectivity index is 2.27. The lowest BCUT2D eigenvalue weighted by Crippen LogP contribution is -2.30. The van der Waals surface area contributed by atoms with E-state index in [1.807, 2.05) is 6.92 Å². The molecule has 0 N–H and O–H groups in total. The number of methoxy groups -OCH3 is 1. The van der Waals surface area contributed by atoms with Crippen LogP contribution in [0.4, 0.5) is 0 Å². The van der Waals surface area contributed by atoms with Crippen molar-refractivity contribution in [3.8, 4) is 0 Å². The van der Waals surface area contributed by atoms with E-state index < -0.39 is 5.41 Å². The van der Waals surface area contributed by atoms with Crippen molar-refractivity contribution in [1.29, 1.82) is 0 Å². The smallest absolute Gasteiger partial charge is 0.305 e. The summed E-state index contributed by atoms with van der Waals surface area (Å²) in [5.41, 5.74) is 1.24. The van der Waals surface area contributed by atoms with E-state index in [9.17, 15) is 14.4 Å². The molecule has 0 bridgehead atoms. The van der Waals surface area contributed by atoms with Crippen LogP contribution in [-0.2, 0) is 19.1 Å². The molecular weight excluding hydrogens is 232 g/mol. The van der Waals surface area contributed by atoms with E-state index in [2.05, 4.69) is 4.74 Å². The largest absolute Gasteiger partial charge is 0.469 e. The van der Waals surface area contributed by atoms with Crippen LogP contribution >= 0.6 is 0 Å². The molecule has 0 saturated heterocycles. The summed E-state index contributed by atoms with van der Waals surface area (Å²) >= 11 is 0. The second-order valence-electron chi connectivity index (χ2n) is 5.21. The highest BCUT2D eigenvalue weighted by atomic mass is 16.5. The molecule has 0 amide bonds. The van der Waals surface area contributed by atoms with Crippen molar-refractivity contribution in [2.45, 2.75) is 45.4 Å². The Bertz CT molecular complexity index is 447. The number of fused-ring (bicyclic) bond motifs is 1. The predicted octanol–water partition coefficient (Wildman–Crippen LogP) is 1.97. The van der Waals surface area contributed by atoms with Crippen molar-refractivity contribution in [3.63, 3.8) is 0 Å². The summed E-state index contributed by atoms with van der Waals surface area (Å²) in [6, 6.07) is 0. The Morgan fingerprint density at radius 3 is 2.67 bits per heavy atom. The number of allylic oxidation sites excluding steroid dienone is 2. The van der Waals surface area contributed by atoms with Gasteiger partial charge in [-0.15, -0.1) is 0 Å². The highest BCUT2D eigenvalue weighted by Gasteiger charge is 2.46. The Hall–Kier alpha value is -1.45. The molecule has 18 heavy (non-hydrogen) atoms. The topological polar surface area (TPSA) is 60.4 Å². The van der Waals surface area contributed by atoms with Gasteiger partial charge in [0.2, 0.25) is 0 Å². The van der Waals surface area contributed by atoms with E-state index in [4.69, 9.17) is 0 Å². The molecule has 98 valence electrons. The molecule has 0 aliphatic heterocycles. The predicted molar refractivity (Wildman–Crippen MR) is 64.9 cm³/mol. The van der Waals surface area contributed by atoms with Crippen molar-refractivity contribution < 1.29 is 19.1 Å². The molecule has 4 nitrogen and oxygen atoms in total. The van der Waals surface area contributed by atoms with Crippen LogP contribution in [0.3, 0.4) is 0 Å². The number of carbonyl (C=O) groups excluding carboxylic acids is 3. The minimum atomic E-state index is -0.445. The molecule has 1 saturated carbocycles. The molecule has 2 rings (SSSR count). The maximum atomic E-state index is 12.0. The summed E-state index contributed by atoms with van der Waals surface area (Å²) in [5, 5.41) is 0. The van der Waals surface area contributed by atoms with Gasteiger partial charge in [0.25, 0.3) is 0 Å². The van der Waals surface area contributed by atoms with E-state index in [0.717, 1.165) is 5.57 Å². The number of ether oxygens (including phenoxy) is 1. The number of hydrogen-bond donors (Lipinski definition) is 0. The monoisotopic (exact) mass is 250 g/mol. The zero-order valence-electron chi connectivity index (χ0n) is 10.9. The lowest BCUT2D eigenvalue weighted by molar-refractivity contribution is -0.140. The van der Waals surface area contributed by atoms with Gasteiger partial charge >= 0.3 is 5.97 Å². The second kappa shape index (κ2) is 4.67. The first-order valence-electron chi connectivity index (χ1n) is 6.35. The first-order chi connectivity index (χ1) is 8.49. The molecule has 0 aromatic heterocycles. The molecule has 1 atom stereocenters. The lowest BCUT2D eigenvalue weighted by atomic mass is 9.71. The molecule has 0 aromatic carbocycles. The fourth-order valence-electron chi connectivity index (χ4n) is 3.03. The van der Waals surface area contributed by atoms with E-state index >= 15 is 0 Å². The molecule has 4 heteroatoms. The minimum Gasteiger partial charge on any atom is -0.469 e. The van der Waals surface area contributed by atoms with Crippen LogP contribution in [0.25, 0.3) is 0 Å². The van der Waals surface area contributed by atoms with Crippen LogP contribution in [0.15, 0.2) is 11.1 Å². The van der Waals surface area contributed by atoms with Gasteiger partial charge in [-0.25, -0.2) is 0 Å². The summed E-state index contributed by atoms with van der Waals surface area (Å²) in [4.78, 5) is 35.1. The van der Waals surface area contributed by atoms with Gasteiger partial charge in [0.05, 0.1) is 7.11 Å². The second-order valence-corrected chi connectivity index (χ2v) is 5.21. The van der Waals surface area contributed by atoms with Gasteiger partial charge in [-0.2, -0.15) is 0 Å².